The first-order valence-electron chi connectivity index (χ1n) is 7.48. The van der Waals surface area contributed by atoms with Crippen molar-refractivity contribution in [3.8, 4) is 5.82 Å². The molecule has 2 heterocycles. The maximum Gasteiger partial charge on any atom is 0.303 e. The minimum absolute atomic E-state index is 0.235. The van der Waals surface area contributed by atoms with Gasteiger partial charge in [0.25, 0.3) is 0 Å². The number of aliphatic carboxylic acids is 1. The fourth-order valence-electron chi connectivity index (χ4n) is 2.73. The average Bonchev–Trinajstić information content (AvgIpc) is 2.91. The summed E-state index contributed by atoms with van der Waals surface area (Å²) in [6, 6.07) is 14.1. The van der Waals surface area contributed by atoms with Gasteiger partial charge in [-0.2, -0.15) is 0 Å². The predicted molar refractivity (Wildman–Crippen MR) is 86.3 cm³/mol. The highest BCUT2D eigenvalue weighted by molar-refractivity contribution is 5.85. The Kier molecular flexibility index (Phi) is 4.19. The minimum atomic E-state index is -0.726. The van der Waals surface area contributed by atoms with Gasteiger partial charge in [-0.3, -0.25) is 4.79 Å². The number of pyridine rings is 1. The summed E-state index contributed by atoms with van der Waals surface area (Å²) in [7, 11) is 0. The third-order valence-electron chi connectivity index (χ3n) is 3.78. The largest absolute Gasteiger partial charge is 0.481 e. The lowest BCUT2D eigenvalue weighted by atomic mass is 10.1. The van der Waals surface area contributed by atoms with Crippen LogP contribution in [0.3, 0.4) is 0 Å². The number of fused-ring (bicyclic) bond motifs is 1. The third kappa shape index (κ3) is 3.01. The Morgan fingerprint density at radius 1 is 1.09 bits per heavy atom. The van der Waals surface area contributed by atoms with E-state index in [-0.39, 0.29) is 6.42 Å². The zero-order valence-corrected chi connectivity index (χ0v) is 12.3. The van der Waals surface area contributed by atoms with Gasteiger partial charge in [0.1, 0.15) is 5.82 Å². The van der Waals surface area contributed by atoms with Crippen LogP contribution in [0.25, 0.3) is 16.7 Å². The lowest BCUT2D eigenvalue weighted by Gasteiger charge is -2.02. The van der Waals surface area contributed by atoms with Crippen LogP contribution in [0.2, 0.25) is 0 Å². The van der Waals surface area contributed by atoms with Gasteiger partial charge in [0.05, 0.1) is 5.52 Å². The van der Waals surface area contributed by atoms with Crippen LogP contribution in [0.1, 0.15) is 24.8 Å². The molecule has 112 valence electrons. The van der Waals surface area contributed by atoms with E-state index in [0.717, 1.165) is 24.2 Å². The number of para-hydroxylation sites is 1. The van der Waals surface area contributed by atoms with Crippen LogP contribution in [-0.4, -0.2) is 20.6 Å². The van der Waals surface area contributed by atoms with Crippen molar-refractivity contribution < 1.29 is 9.90 Å². The molecule has 0 aliphatic rings. The maximum atomic E-state index is 10.6. The molecule has 3 aromatic rings. The van der Waals surface area contributed by atoms with Crippen molar-refractivity contribution in [3.05, 3.63) is 60.4 Å². The Labute approximate surface area is 129 Å². The SMILES string of the molecule is O=C(O)CCCCc1cn(-c2ccccn2)c2ccccc12. The quantitative estimate of drug-likeness (QED) is 0.703. The number of rotatable bonds is 6. The van der Waals surface area contributed by atoms with E-state index in [4.69, 9.17) is 5.11 Å². The summed E-state index contributed by atoms with van der Waals surface area (Å²) in [5, 5.41) is 9.93. The molecule has 4 heteroatoms. The van der Waals surface area contributed by atoms with E-state index < -0.39 is 5.97 Å². The molecule has 0 atom stereocenters. The van der Waals surface area contributed by atoms with Crippen molar-refractivity contribution in [1.29, 1.82) is 0 Å². The van der Waals surface area contributed by atoms with E-state index >= 15 is 0 Å². The van der Waals surface area contributed by atoms with E-state index in [9.17, 15) is 4.79 Å². The second-order valence-electron chi connectivity index (χ2n) is 5.33. The Hall–Kier alpha value is -2.62. The van der Waals surface area contributed by atoms with Crippen molar-refractivity contribution in [3.63, 3.8) is 0 Å². The molecular formula is C18H18N2O2. The van der Waals surface area contributed by atoms with Crippen LogP contribution in [0.15, 0.2) is 54.9 Å². The number of hydrogen-bond donors (Lipinski definition) is 1. The van der Waals surface area contributed by atoms with Crippen molar-refractivity contribution in [2.75, 3.05) is 0 Å². The van der Waals surface area contributed by atoms with Crippen LogP contribution in [0.5, 0.6) is 0 Å². The number of nitrogens with zero attached hydrogens (tertiary/aromatic N) is 2. The molecule has 0 aliphatic heterocycles. The van der Waals surface area contributed by atoms with Gasteiger partial charge in [-0.15, -0.1) is 0 Å². The molecule has 0 saturated heterocycles. The van der Waals surface area contributed by atoms with Crippen LogP contribution in [0.4, 0.5) is 0 Å². The number of carboxylic acids is 1. The highest BCUT2D eigenvalue weighted by Crippen LogP contribution is 2.25. The highest BCUT2D eigenvalue weighted by Gasteiger charge is 2.10. The number of unbranched alkanes of at least 4 members (excludes halogenated alkanes) is 1. The number of hydrogen-bond acceptors (Lipinski definition) is 2. The molecule has 0 unspecified atom stereocenters. The summed E-state index contributed by atoms with van der Waals surface area (Å²) >= 11 is 0. The predicted octanol–water partition coefficient (Wildman–Crippen LogP) is 3.82. The molecule has 0 fully saturated rings. The lowest BCUT2D eigenvalue weighted by molar-refractivity contribution is -0.137. The molecular weight excluding hydrogens is 276 g/mol. The summed E-state index contributed by atoms with van der Waals surface area (Å²) in [6.07, 6.45) is 6.61. The first-order chi connectivity index (χ1) is 10.8. The van der Waals surface area contributed by atoms with Crippen LogP contribution in [0, 0.1) is 0 Å². The smallest absolute Gasteiger partial charge is 0.303 e. The number of carbonyl (C=O) groups is 1. The first-order valence-corrected chi connectivity index (χ1v) is 7.48. The molecule has 1 N–H and O–H groups in total. The molecule has 0 bridgehead atoms. The standard InChI is InChI=1S/C18H18N2O2/c21-18(22)11-4-1-7-14-13-20(17-10-5-6-12-19-17)16-9-3-2-8-15(14)16/h2-3,5-6,8-10,12-13H,1,4,7,11H2,(H,21,22). The van der Waals surface area contributed by atoms with E-state index in [2.05, 4.69) is 27.9 Å². The van der Waals surface area contributed by atoms with E-state index in [0.29, 0.717) is 6.42 Å². The maximum absolute atomic E-state index is 10.6. The van der Waals surface area contributed by atoms with E-state index in [1.807, 2.05) is 30.3 Å². The number of benzene rings is 1. The van der Waals surface area contributed by atoms with Crippen LogP contribution in [-0.2, 0) is 11.2 Å². The second-order valence-corrected chi connectivity index (χ2v) is 5.33. The summed E-state index contributed by atoms with van der Waals surface area (Å²) < 4.78 is 2.10. The normalized spacial score (nSPS) is 10.9. The van der Waals surface area contributed by atoms with Gasteiger partial charge in [0, 0.05) is 24.2 Å². The van der Waals surface area contributed by atoms with Crippen molar-refractivity contribution in [2.24, 2.45) is 0 Å². The van der Waals surface area contributed by atoms with Gasteiger partial charge in [0.15, 0.2) is 0 Å². The summed E-state index contributed by atoms with van der Waals surface area (Å²) in [5.41, 5.74) is 2.38. The second kappa shape index (κ2) is 6.43. The molecule has 0 amide bonds. The van der Waals surface area contributed by atoms with Gasteiger partial charge in [-0.25, -0.2) is 4.98 Å². The Morgan fingerprint density at radius 2 is 1.91 bits per heavy atom. The summed E-state index contributed by atoms with van der Waals surface area (Å²) in [6.45, 7) is 0. The van der Waals surface area contributed by atoms with Crippen molar-refractivity contribution in [1.82, 2.24) is 9.55 Å². The van der Waals surface area contributed by atoms with Crippen LogP contribution < -0.4 is 0 Å². The third-order valence-corrected chi connectivity index (χ3v) is 3.78. The molecule has 0 aliphatic carbocycles. The molecule has 1 aromatic carbocycles. The molecule has 0 radical (unpaired) electrons. The van der Waals surface area contributed by atoms with Gasteiger partial charge in [-0.1, -0.05) is 24.3 Å². The Balaban J connectivity index is 1.89. The van der Waals surface area contributed by atoms with E-state index in [1.54, 1.807) is 6.20 Å². The summed E-state index contributed by atoms with van der Waals surface area (Å²) in [5.74, 6) is 0.173. The van der Waals surface area contributed by atoms with Gasteiger partial charge in [-0.05, 0) is 43.0 Å². The van der Waals surface area contributed by atoms with Gasteiger partial charge in [0.2, 0.25) is 0 Å². The molecule has 0 spiro atoms. The fraction of sp³-hybridized carbons (Fsp3) is 0.222. The van der Waals surface area contributed by atoms with E-state index in [1.165, 1.54) is 10.9 Å². The zero-order valence-electron chi connectivity index (χ0n) is 12.3. The number of aryl methyl sites for hydroxylation is 1. The van der Waals surface area contributed by atoms with Gasteiger partial charge < -0.3 is 9.67 Å². The highest BCUT2D eigenvalue weighted by atomic mass is 16.4. The Bertz CT molecular complexity index is 778. The average molecular weight is 294 g/mol. The molecule has 4 nitrogen and oxygen atoms in total. The fourth-order valence-corrected chi connectivity index (χ4v) is 2.73. The lowest BCUT2D eigenvalue weighted by Crippen LogP contribution is -1.95. The minimum Gasteiger partial charge on any atom is -0.481 e. The topological polar surface area (TPSA) is 55.1 Å². The molecule has 0 saturated carbocycles. The summed E-state index contributed by atoms with van der Waals surface area (Å²) in [4.78, 5) is 15.0. The molecule has 2 aromatic heterocycles. The van der Waals surface area contributed by atoms with Crippen LogP contribution >= 0.6 is 0 Å². The van der Waals surface area contributed by atoms with Gasteiger partial charge >= 0.3 is 5.97 Å². The zero-order chi connectivity index (χ0) is 15.4. The first kappa shape index (κ1) is 14.3. The monoisotopic (exact) mass is 294 g/mol. The Morgan fingerprint density at radius 3 is 2.68 bits per heavy atom. The van der Waals surface area contributed by atoms with Crippen molar-refractivity contribution >= 4 is 16.9 Å². The number of carboxylic acid groups (broad SMARTS) is 1. The molecule has 22 heavy (non-hydrogen) atoms. The number of aromatic nitrogens is 2. The van der Waals surface area contributed by atoms with Crippen molar-refractivity contribution in [2.45, 2.75) is 25.7 Å². The molecule has 3 rings (SSSR count).